The molecule has 1 saturated heterocycles. The molecule has 1 atom stereocenters. The SMILES string of the molecule is O=S(=O)(Nc1nccs1)c1cc(Cl)c(NCCCCNC[C@@H]2CCCCCN2)cc1F. The summed E-state index contributed by atoms with van der Waals surface area (Å²) in [4.78, 5) is 3.35. The van der Waals surface area contributed by atoms with Gasteiger partial charge in [0.15, 0.2) is 5.13 Å². The lowest BCUT2D eigenvalue weighted by Gasteiger charge is -2.16. The average Bonchev–Trinajstić information content (AvgIpc) is 3.09. The van der Waals surface area contributed by atoms with Crippen LogP contribution in [0.25, 0.3) is 0 Å². The summed E-state index contributed by atoms with van der Waals surface area (Å²) in [7, 11) is -4.10. The van der Waals surface area contributed by atoms with E-state index in [9.17, 15) is 12.8 Å². The molecule has 4 N–H and O–H groups in total. The third-order valence-electron chi connectivity index (χ3n) is 5.11. The zero-order valence-electron chi connectivity index (χ0n) is 17.3. The van der Waals surface area contributed by atoms with Gasteiger partial charge in [0.05, 0.1) is 10.7 Å². The highest BCUT2D eigenvalue weighted by Gasteiger charge is 2.22. The van der Waals surface area contributed by atoms with Crippen molar-refractivity contribution in [2.24, 2.45) is 0 Å². The first-order chi connectivity index (χ1) is 15.0. The smallest absolute Gasteiger partial charge is 0.266 e. The summed E-state index contributed by atoms with van der Waals surface area (Å²) >= 11 is 7.31. The molecule has 0 radical (unpaired) electrons. The van der Waals surface area contributed by atoms with Gasteiger partial charge in [-0.1, -0.05) is 24.4 Å². The molecule has 0 unspecified atom stereocenters. The van der Waals surface area contributed by atoms with Gasteiger partial charge in [-0.3, -0.25) is 4.72 Å². The predicted octanol–water partition coefficient (Wildman–Crippen LogP) is 4.05. The van der Waals surface area contributed by atoms with Crippen molar-refractivity contribution < 1.29 is 12.8 Å². The molecule has 0 saturated carbocycles. The Morgan fingerprint density at radius 3 is 2.87 bits per heavy atom. The van der Waals surface area contributed by atoms with E-state index >= 15 is 0 Å². The summed E-state index contributed by atoms with van der Waals surface area (Å²) in [6.07, 6.45) is 8.42. The van der Waals surface area contributed by atoms with Crippen molar-refractivity contribution in [3.05, 3.63) is 34.5 Å². The Morgan fingerprint density at radius 2 is 2.06 bits per heavy atom. The fourth-order valence-electron chi connectivity index (χ4n) is 3.46. The number of nitrogens with one attached hydrogen (secondary N) is 4. The maximum atomic E-state index is 14.5. The molecule has 2 aromatic rings. The van der Waals surface area contributed by atoms with Crippen LogP contribution in [0.2, 0.25) is 5.02 Å². The molecule has 0 aliphatic carbocycles. The molecule has 0 spiro atoms. The second-order valence-corrected chi connectivity index (χ2v) is 10.5. The summed E-state index contributed by atoms with van der Waals surface area (Å²) in [5, 5.41) is 12.1. The summed E-state index contributed by atoms with van der Waals surface area (Å²) in [5.41, 5.74) is 0.378. The minimum Gasteiger partial charge on any atom is -0.384 e. The number of thiazole rings is 1. The maximum Gasteiger partial charge on any atom is 0.266 e. The number of rotatable bonds is 11. The molecule has 2 heterocycles. The molecule has 172 valence electrons. The van der Waals surface area contributed by atoms with E-state index in [-0.39, 0.29) is 10.2 Å². The van der Waals surface area contributed by atoms with E-state index < -0.39 is 20.7 Å². The Bertz CT molecular complexity index is 920. The fraction of sp³-hybridized carbons (Fsp3) is 0.550. The predicted molar refractivity (Wildman–Crippen MR) is 125 cm³/mol. The van der Waals surface area contributed by atoms with Crippen LogP contribution in [0.5, 0.6) is 0 Å². The number of hydrogen-bond acceptors (Lipinski definition) is 7. The van der Waals surface area contributed by atoms with Crippen molar-refractivity contribution in [1.29, 1.82) is 0 Å². The van der Waals surface area contributed by atoms with Gasteiger partial charge in [0.2, 0.25) is 0 Å². The number of hydrogen-bond donors (Lipinski definition) is 4. The van der Waals surface area contributed by atoms with Crippen molar-refractivity contribution in [1.82, 2.24) is 15.6 Å². The maximum absolute atomic E-state index is 14.5. The van der Waals surface area contributed by atoms with Crippen LogP contribution in [0.3, 0.4) is 0 Å². The molecule has 1 fully saturated rings. The minimum absolute atomic E-state index is 0.151. The van der Waals surface area contributed by atoms with Crippen molar-refractivity contribution in [2.75, 3.05) is 36.2 Å². The summed E-state index contributed by atoms with van der Waals surface area (Å²) in [6.45, 7) is 3.62. The Morgan fingerprint density at radius 1 is 1.23 bits per heavy atom. The number of benzene rings is 1. The lowest BCUT2D eigenvalue weighted by molar-refractivity contribution is 0.466. The van der Waals surface area contributed by atoms with E-state index in [1.807, 2.05) is 0 Å². The van der Waals surface area contributed by atoms with E-state index in [0.717, 1.165) is 55.9 Å². The first-order valence-corrected chi connectivity index (χ1v) is 13.3. The average molecular weight is 490 g/mol. The number of unbranched alkanes of at least 4 members (excludes halogenated alkanes) is 1. The lowest BCUT2D eigenvalue weighted by Crippen LogP contribution is -2.38. The minimum atomic E-state index is -4.10. The molecule has 0 bridgehead atoms. The molecule has 3 rings (SSSR count). The van der Waals surface area contributed by atoms with Crippen LogP contribution in [0.15, 0.2) is 28.6 Å². The van der Waals surface area contributed by atoms with Crippen LogP contribution >= 0.6 is 22.9 Å². The van der Waals surface area contributed by atoms with Crippen LogP contribution < -0.4 is 20.7 Å². The number of halogens is 2. The Balaban J connectivity index is 1.42. The number of nitrogens with zero attached hydrogens (tertiary/aromatic N) is 1. The molecule has 0 amide bonds. The van der Waals surface area contributed by atoms with Crippen LogP contribution in [-0.2, 0) is 10.0 Å². The summed E-state index contributed by atoms with van der Waals surface area (Å²) in [5.74, 6) is -0.867. The van der Waals surface area contributed by atoms with Crippen molar-refractivity contribution in [2.45, 2.75) is 49.5 Å². The Hall–Kier alpha value is -1.46. The Kier molecular flexibility index (Phi) is 9.33. The standard InChI is InChI=1S/C20H29ClFN5O2S2/c21-16-12-19(31(28,29)27-20-26-10-11-30-20)17(22)13-18(16)25-9-5-4-7-23-14-15-6-2-1-3-8-24-15/h10-13,15,23-25H,1-9,14H2,(H,26,27)/t15-/m0/s1. The van der Waals surface area contributed by atoms with E-state index in [4.69, 9.17) is 11.6 Å². The van der Waals surface area contributed by atoms with Crippen molar-refractivity contribution >= 4 is 43.8 Å². The van der Waals surface area contributed by atoms with Crippen LogP contribution in [0.4, 0.5) is 15.2 Å². The molecular formula is C20H29ClFN5O2S2. The van der Waals surface area contributed by atoms with E-state index in [1.165, 1.54) is 31.9 Å². The second-order valence-electron chi connectivity index (χ2n) is 7.54. The zero-order valence-corrected chi connectivity index (χ0v) is 19.7. The highest BCUT2D eigenvalue weighted by molar-refractivity contribution is 7.93. The van der Waals surface area contributed by atoms with Gasteiger partial charge in [0.25, 0.3) is 10.0 Å². The first-order valence-electron chi connectivity index (χ1n) is 10.5. The monoisotopic (exact) mass is 489 g/mol. The molecule has 1 aromatic heterocycles. The zero-order chi connectivity index (χ0) is 22.1. The number of sulfonamides is 1. The van der Waals surface area contributed by atoms with Crippen molar-refractivity contribution in [3.8, 4) is 0 Å². The van der Waals surface area contributed by atoms with E-state index in [1.54, 1.807) is 5.38 Å². The molecule has 1 aliphatic heterocycles. The summed E-state index contributed by atoms with van der Waals surface area (Å²) < 4.78 is 41.5. The highest BCUT2D eigenvalue weighted by Crippen LogP contribution is 2.29. The van der Waals surface area contributed by atoms with Gasteiger partial charge in [0, 0.05) is 30.7 Å². The quantitative estimate of drug-likeness (QED) is 0.356. The number of aromatic nitrogens is 1. The van der Waals surface area contributed by atoms with Crippen LogP contribution in [0, 0.1) is 5.82 Å². The molecule has 1 aliphatic rings. The molecular weight excluding hydrogens is 461 g/mol. The van der Waals surface area contributed by atoms with E-state index in [0.29, 0.717) is 18.3 Å². The largest absolute Gasteiger partial charge is 0.384 e. The first kappa shape index (κ1) is 24.2. The van der Waals surface area contributed by atoms with Crippen molar-refractivity contribution in [3.63, 3.8) is 0 Å². The van der Waals surface area contributed by atoms with Gasteiger partial charge in [-0.15, -0.1) is 11.3 Å². The Labute approximate surface area is 192 Å². The topological polar surface area (TPSA) is 95.2 Å². The van der Waals surface area contributed by atoms with Gasteiger partial charge in [-0.05, 0) is 50.9 Å². The third kappa shape index (κ3) is 7.57. The van der Waals surface area contributed by atoms with Gasteiger partial charge in [-0.2, -0.15) is 0 Å². The highest BCUT2D eigenvalue weighted by atomic mass is 35.5. The second kappa shape index (κ2) is 12.0. The molecule has 11 heteroatoms. The van der Waals surface area contributed by atoms with Gasteiger partial charge in [0.1, 0.15) is 10.7 Å². The number of anilines is 2. The third-order valence-corrected chi connectivity index (χ3v) is 7.60. The van der Waals surface area contributed by atoms with Gasteiger partial charge in [-0.25, -0.2) is 17.8 Å². The van der Waals surface area contributed by atoms with E-state index in [2.05, 4.69) is 25.7 Å². The van der Waals surface area contributed by atoms with Gasteiger partial charge >= 0.3 is 0 Å². The normalized spacial score (nSPS) is 17.3. The molecule has 1 aromatic carbocycles. The molecule has 31 heavy (non-hydrogen) atoms. The van der Waals surface area contributed by atoms with Crippen LogP contribution in [-0.4, -0.2) is 45.6 Å². The van der Waals surface area contributed by atoms with Crippen LogP contribution in [0.1, 0.15) is 38.5 Å². The lowest BCUT2D eigenvalue weighted by atomic mass is 10.1. The summed E-state index contributed by atoms with van der Waals surface area (Å²) in [6, 6.07) is 2.80. The van der Waals surface area contributed by atoms with Gasteiger partial charge < -0.3 is 16.0 Å². The fourth-order valence-corrected chi connectivity index (χ4v) is 5.63. The molecule has 7 nitrogen and oxygen atoms in total.